The summed E-state index contributed by atoms with van der Waals surface area (Å²) in [6.07, 6.45) is 0. The second-order valence-electron chi connectivity index (χ2n) is 2.41. The van der Waals surface area contributed by atoms with Crippen molar-refractivity contribution in [3.05, 3.63) is 30.3 Å². The maximum absolute atomic E-state index is 10.7. The van der Waals surface area contributed by atoms with E-state index in [9.17, 15) is 4.79 Å². The summed E-state index contributed by atoms with van der Waals surface area (Å²) in [7, 11) is 0. The van der Waals surface area contributed by atoms with E-state index in [1.807, 2.05) is 30.3 Å². The van der Waals surface area contributed by atoms with Gasteiger partial charge in [0.1, 0.15) is 5.75 Å². The van der Waals surface area contributed by atoms with E-state index >= 15 is 0 Å². The average Bonchev–Trinajstić information content (AvgIpc) is 2.19. The van der Waals surface area contributed by atoms with Gasteiger partial charge >= 0.3 is 0 Å². The van der Waals surface area contributed by atoms with Gasteiger partial charge in [0.2, 0.25) is 5.91 Å². The van der Waals surface area contributed by atoms with Gasteiger partial charge in [-0.05, 0) is 12.1 Å². The highest BCUT2D eigenvalue weighted by Gasteiger charge is 1.95. The third kappa shape index (κ3) is 3.57. The second-order valence-corrected chi connectivity index (χ2v) is 2.41. The summed E-state index contributed by atoms with van der Waals surface area (Å²) in [6.45, 7) is 0.137. The van der Waals surface area contributed by atoms with Gasteiger partial charge in [0, 0.05) is 0 Å². The van der Waals surface area contributed by atoms with Crippen LogP contribution < -0.4 is 15.8 Å². The first-order chi connectivity index (χ1) is 6.33. The van der Waals surface area contributed by atoms with Crippen molar-refractivity contribution in [3.63, 3.8) is 0 Å². The maximum Gasteiger partial charge on any atom is 0.236 e. The molecule has 0 bridgehead atoms. The zero-order valence-electron chi connectivity index (χ0n) is 7.19. The number of rotatable bonds is 4. The molecule has 1 aromatic carbocycles. The van der Waals surface area contributed by atoms with Gasteiger partial charge in [-0.2, -0.15) is 0 Å². The van der Waals surface area contributed by atoms with Crippen LogP contribution in [0.15, 0.2) is 30.3 Å². The molecule has 1 amide bonds. The summed E-state index contributed by atoms with van der Waals surface area (Å²) >= 11 is 0. The van der Waals surface area contributed by atoms with Crippen LogP contribution in [-0.2, 0) is 4.79 Å². The van der Waals surface area contributed by atoms with Crippen molar-refractivity contribution in [2.24, 2.45) is 5.73 Å². The molecule has 0 fully saturated rings. The van der Waals surface area contributed by atoms with E-state index in [1.54, 1.807) is 0 Å². The van der Waals surface area contributed by atoms with Crippen molar-refractivity contribution in [1.82, 2.24) is 5.32 Å². The van der Waals surface area contributed by atoms with Gasteiger partial charge in [-0.1, -0.05) is 18.2 Å². The average molecular weight is 180 g/mol. The van der Waals surface area contributed by atoms with E-state index in [-0.39, 0.29) is 19.2 Å². The third-order valence-electron chi connectivity index (χ3n) is 1.44. The first-order valence-electron chi connectivity index (χ1n) is 3.97. The lowest BCUT2D eigenvalue weighted by atomic mass is 10.3. The number of amides is 1. The Morgan fingerprint density at radius 3 is 2.69 bits per heavy atom. The molecule has 0 spiro atoms. The van der Waals surface area contributed by atoms with Crippen LogP contribution >= 0.6 is 0 Å². The highest BCUT2D eigenvalue weighted by molar-refractivity contribution is 5.77. The molecule has 13 heavy (non-hydrogen) atoms. The van der Waals surface area contributed by atoms with Crippen molar-refractivity contribution in [1.29, 1.82) is 0 Å². The molecule has 0 unspecified atom stereocenters. The van der Waals surface area contributed by atoms with Crippen LogP contribution in [0.4, 0.5) is 0 Å². The number of hydrogen-bond acceptors (Lipinski definition) is 3. The van der Waals surface area contributed by atoms with E-state index in [1.165, 1.54) is 0 Å². The molecule has 0 atom stereocenters. The van der Waals surface area contributed by atoms with Crippen LogP contribution in [-0.4, -0.2) is 19.2 Å². The van der Waals surface area contributed by atoms with Gasteiger partial charge in [-0.15, -0.1) is 0 Å². The lowest BCUT2D eigenvalue weighted by molar-refractivity contribution is -0.120. The number of nitrogens with two attached hydrogens (primary N) is 1. The van der Waals surface area contributed by atoms with E-state index in [0.29, 0.717) is 0 Å². The Kier molecular flexibility index (Phi) is 3.78. The molecule has 0 aliphatic rings. The summed E-state index contributed by atoms with van der Waals surface area (Å²) in [5, 5.41) is 2.49. The van der Waals surface area contributed by atoms with Gasteiger partial charge in [0.25, 0.3) is 0 Å². The molecule has 0 radical (unpaired) electrons. The molecular formula is C9H12N2O2. The third-order valence-corrected chi connectivity index (χ3v) is 1.44. The summed E-state index contributed by atoms with van der Waals surface area (Å²) < 4.78 is 5.19. The number of benzene rings is 1. The van der Waals surface area contributed by atoms with Crippen LogP contribution in [0, 0.1) is 0 Å². The number of carbonyl (C=O) groups excluding carboxylic acids is 1. The van der Waals surface area contributed by atoms with Gasteiger partial charge in [-0.3, -0.25) is 4.79 Å². The molecule has 3 N–H and O–H groups in total. The molecular weight excluding hydrogens is 168 g/mol. The lowest BCUT2D eigenvalue weighted by Gasteiger charge is -2.06. The van der Waals surface area contributed by atoms with E-state index in [4.69, 9.17) is 10.5 Å². The topological polar surface area (TPSA) is 64.4 Å². The molecule has 70 valence electrons. The first-order valence-corrected chi connectivity index (χ1v) is 3.97. The normalized spacial score (nSPS) is 9.31. The Labute approximate surface area is 76.7 Å². The SMILES string of the molecule is NCC(=O)NCOc1ccccc1. The first kappa shape index (κ1) is 9.54. The Balaban J connectivity index is 2.24. The number of carbonyl (C=O) groups is 1. The number of para-hydroxylation sites is 1. The molecule has 0 aliphatic carbocycles. The van der Waals surface area contributed by atoms with E-state index < -0.39 is 0 Å². The molecule has 1 aromatic rings. The molecule has 1 rings (SSSR count). The highest BCUT2D eigenvalue weighted by atomic mass is 16.5. The summed E-state index contributed by atoms with van der Waals surface area (Å²) in [6, 6.07) is 9.24. The van der Waals surface area contributed by atoms with Gasteiger partial charge in [-0.25, -0.2) is 0 Å². The largest absolute Gasteiger partial charge is 0.473 e. The number of nitrogens with one attached hydrogen (secondary N) is 1. The minimum absolute atomic E-state index is 0.0157. The Morgan fingerprint density at radius 2 is 2.08 bits per heavy atom. The standard InChI is InChI=1S/C9H12N2O2/c10-6-9(12)11-7-13-8-4-2-1-3-5-8/h1-5H,6-7,10H2,(H,11,12). The minimum atomic E-state index is -0.226. The van der Waals surface area contributed by atoms with Crippen molar-refractivity contribution in [2.45, 2.75) is 0 Å². The molecule has 0 heterocycles. The minimum Gasteiger partial charge on any atom is -0.473 e. The Hall–Kier alpha value is -1.55. The van der Waals surface area contributed by atoms with Crippen LogP contribution in [0.5, 0.6) is 5.75 Å². The van der Waals surface area contributed by atoms with Crippen LogP contribution in [0.25, 0.3) is 0 Å². The Bertz CT molecular complexity index is 262. The zero-order valence-corrected chi connectivity index (χ0v) is 7.19. The molecule has 0 saturated heterocycles. The van der Waals surface area contributed by atoms with E-state index in [2.05, 4.69) is 5.32 Å². The predicted molar refractivity (Wildman–Crippen MR) is 49.1 cm³/mol. The molecule has 0 aromatic heterocycles. The van der Waals surface area contributed by atoms with Crippen LogP contribution in [0.1, 0.15) is 0 Å². The van der Waals surface area contributed by atoms with Gasteiger partial charge < -0.3 is 15.8 Å². The monoisotopic (exact) mass is 180 g/mol. The maximum atomic E-state index is 10.7. The fourth-order valence-electron chi connectivity index (χ4n) is 0.789. The Morgan fingerprint density at radius 1 is 1.38 bits per heavy atom. The smallest absolute Gasteiger partial charge is 0.236 e. The lowest BCUT2D eigenvalue weighted by Crippen LogP contribution is -2.33. The quantitative estimate of drug-likeness (QED) is 0.646. The van der Waals surface area contributed by atoms with Crippen molar-refractivity contribution in [3.8, 4) is 5.75 Å². The number of ether oxygens (including phenoxy) is 1. The molecule has 4 nitrogen and oxygen atoms in total. The molecule has 0 saturated carbocycles. The van der Waals surface area contributed by atoms with E-state index in [0.717, 1.165) is 5.75 Å². The highest BCUT2D eigenvalue weighted by Crippen LogP contribution is 2.06. The van der Waals surface area contributed by atoms with Crippen LogP contribution in [0.3, 0.4) is 0 Å². The second kappa shape index (κ2) is 5.16. The van der Waals surface area contributed by atoms with Gasteiger partial charge in [0.15, 0.2) is 6.73 Å². The number of hydrogen-bond donors (Lipinski definition) is 2. The summed E-state index contributed by atoms with van der Waals surface area (Å²) in [4.78, 5) is 10.7. The molecule has 4 heteroatoms. The zero-order chi connectivity index (χ0) is 9.52. The fourth-order valence-corrected chi connectivity index (χ4v) is 0.789. The fraction of sp³-hybridized carbons (Fsp3) is 0.222. The summed E-state index contributed by atoms with van der Waals surface area (Å²) in [5.74, 6) is 0.496. The summed E-state index contributed by atoms with van der Waals surface area (Å²) in [5.41, 5.74) is 5.08. The van der Waals surface area contributed by atoms with Crippen molar-refractivity contribution >= 4 is 5.91 Å². The van der Waals surface area contributed by atoms with Crippen molar-refractivity contribution in [2.75, 3.05) is 13.3 Å². The van der Waals surface area contributed by atoms with Crippen LogP contribution in [0.2, 0.25) is 0 Å². The van der Waals surface area contributed by atoms with Gasteiger partial charge in [0.05, 0.1) is 6.54 Å². The van der Waals surface area contributed by atoms with Crippen molar-refractivity contribution < 1.29 is 9.53 Å². The predicted octanol–water partition coefficient (Wildman–Crippen LogP) is 0.0978. The molecule has 0 aliphatic heterocycles.